The van der Waals surface area contributed by atoms with Crippen LogP contribution in [-0.2, 0) is 15.8 Å². The van der Waals surface area contributed by atoms with Gasteiger partial charge in [0.25, 0.3) is 5.22 Å². The number of hydrogen-bond acceptors (Lipinski definition) is 6. The highest BCUT2D eigenvalue weighted by molar-refractivity contribution is 9.10. The van der Waals surface area contributed by atoms with Gasteiger partial charge in [-0.2, -0.15) is 0 Å². The predicted molar refractivity (Wildman–Crippen MR) is 105 cm³/mol. The number of oxazole rings is 1. The molecule has 0 atom stereocenters. The summed E-state index contributed by atoms with van der Waals surface area (Å²) >= 11 is 4.87. The normalized spacial score (nSPS) is 12.0. The summed E-state index contributed by atoms with van der Waals surface area (Å²) in [6.07, 6.45) is 0. The van der Waals surface area contributed by atoms with Crippen molar-refractivity contribution in [1.29, 1.82) is 0 Å². The molecular weight excluding hydrogens is 440 g/mol. The minimum absolute atomic E-state index is 0.188. The lowest BCUT2D eigenvalue weighted by Crippen LogP contribution is -2.22. The average Bonchev–Trinajstić information content (AvgIpc) is 3.02. The SMILES string of the molecule is COc1ccc(Br)cc1CSc1nc2cc(S(=O)(=O)N(C)C)ccc2o1. The van der Waals surface area contributed by atoms with Crippen LogP contribution in [0.3, 0.4) is 0 Å². The minimum atomic E-state index is -3.51. The summed E-state index contributed by atoms with van der Waals surface area (Å²) in [7, 11) is 1.11. The van der Waals surface area contributed by atoms with Crippen LogP contribution in [0, 0.1) is 0 Å². The maximum atomic E-state index is 12.2. The first kappa shape index (κ1) is 19.2. The average molecular weight is 457 g/mol. The number of aromatic nitrogens is 1. The second-order valence-corrected chi connectivity index (χ2v) is 9.64. The van der Waals surface area contributed by atoms with Crippen LogP contribution in [0.25, 0.3) is 11.1 Å². The fraction of sp³-hybridized carbons (Fsp3) is 0.235. The van der Waals surface area contributed by atoms with Crippen LogP contribution in [0.1, 0.15) is 5.56 Å². The molecule has 0 radical (unpaired) electrons. The zero-order chi connectivity index (χ0) is 18.9. The van der Waals surface area contributed by atoms with Crippen LogP contribution >= 0.6 is 27.7 Å². The molecule has 3 aromatic rings. The molecule has 3 rings (SSSR count). The molecule has 0 fully saturated rings. The van der Waals surface area contributed by atoms with Gasteiger partial charge in [0.15, 0.2) is 5.58 Å². The number of ether oxygens (including phenoxy) is 1. The van der Waals surface area contributed by atoms with E-state index in [1.54, 1.807) is 13.2 Å². The number of benzene rings is 2. The van der Waals surface area contributed by atoms with Crippen molar-refractivity contribution in [3.63, 3.8) is 0 Å². The fourth-order valence-corrected chi connectivity index (χ4v) is 4.47. The van der Waals surface area contributed by atoms with Crippen molar-refractivity contribution in [1.82, 2.24) is 9.29 Å². The quantitative estimate of drug-likeness (QED) is 0.518. The van der Waals surface area contributed by atoms with Gasteiger partial charge in [-0.15, -0.1) is 0 Å². The maximum absolute atomic E-state index is 12.2. The Morgan fingerprint density at radius 3 is 2.69 bits per heavy atom. The molecule has 138 valence electrons. The molecular formula is C17H17BrN2O4S2. The lowest BCUT2D eigenvalue weighted by molar-refractivity contribution is 0.411. The van der Waals surface area contributed by atoms with Gasteiger partial charge in [-0.1, -0.05) is 27.7 Å². The molecule has 26 heavy (non-hydrogen) atoms. The largest absolute Gasteiger partial charge is 0.496 e. The van der Waals surface area contributed by atoms with Crippen LogP contribution in [0.2, 0.25) is 0 Å². The summed E-state index contributed by atoms with van der Waals surface area (Å²) in [5.41, 5.74) is 2.06. The Labute approximate surface area is 164 Å². The third-order valence-corrected chi connectivity index (χ3v) is 6.89. The summed E-state index contributed by atoms with van der Waals surface area (Å²) in [6, 6.07) is 10.5. The van der Waals surface area contributed by atoms with Crippen molar-refractivity contribution < 1.29 is 17.6 Å². The van der Waals surface area contributed by atoms with Gasteiger partial charge >= 0.3 is 0 Å². The van der Waals surface area contributed by atoms with Gasteiger partial charge in [0, 0.05) is 29.9 Å². The molecule has 2 aromatic carbocycles. The molecule has 0 aliphatic heterocycles. The van der Waals surface area contributed by atoms with Crippen molar-refractivity contribution >= 4 is 48.8 Å². The smallest absolute Gasteiger partial charge is 0.257 e. The summed E-state index contributed by atoms with van der Waals surface area (Å²) < 4.78 is 37.7. The minimum Gasteiger partial charge on any atom is -0.496 e. The van der Waals surface area contributed by atoms with Gasteiger partial charge in [-0.25, -0.2) is 17.7 Å². The highest BCUT2D eigenvalue weighted by atomic mass is 79.9. The standard InChI is InChI=1S/C17H17BrN2O4S2/c1-20(2)26(21,22)13-5-7-16-14(9-13)19-17(24-16)25-10-11-8-12(18)4-6-15(11)23-3/h4-9H,10H2,1-3H3. The van der Waals surface area contributed by atoms with Gasteiger partial charge in [0.1, 0.15) is 11.3 Å². The zero-order valence-electron chi connectivity index (χ0n) is 14.4. The van der Waals surface area contributed by atoms with E-state index in [-0.39, 0.29) is 4.90 Å². The third kappa shape index (κ3) is 3.90. The number of sulfonamides is 1. The Balaban J connectivity index is 1.85. The van der Waals surface area contributed by atoms with Crippen molar-refractivity contribution in [2.75, 3.05) is 21.2 Å². The van der Waals surface area contributed by atoms with Crippen LogP contribution in [0.15, 0.2) is 55.4 Å². The Bertz CT molecular complexity index is 1050. The number of halogens is 1. The molecule has 1 aromatic heterocycles. The molecule has 9 heteroatoms. The van der Waals surface area contributed by atoms with E-state index >= 15 is 0 Å². The number of methoxy groups -OCH3 is 1. The van der Waals surface area contributed by atoms with Gasteiger partial charge in [0.2, 0.25) is 10.0 Å². The van der Waals surface area contributed by atoms with Gasteiger partial charge in [0.05, 0.1) is 12.0 Å². The van der Waals surface area contributed by atoms with E-state index in [0.717, 1.165) is 15.8 Å². The van der Waals surface area contributed by atoms with E-state index in [2.05, 4.69) is 20.9 Å². The molecule has 0 bridgehead atoms. The number of rotatable bonds is 6. The first-order valence-electron chi connectivity index (χ1n) is 7.59. The lowest BCUT2D eigenvalue weighted by Gasteiger charge is -2.10. The second-order valence-electron chi connectivity index (χ2n) is 5.64. The summed E-state index contributed by atoms with van der Waals surface area (Å²) in [5, 5.41) is 0.474. The topological polar surface area (TPSA) is 72.6 Å². The van der Waals surface area contributed by atoms with Crippen LogP contribution in [0.5, 0.6) is 5.75 Å². The van der Waals surface area contributed by atoms with E-state index in [1.807, 2.05) is 18.2 Å². The Morgan fingerprint density at radius 1 is 1.23 bits per heavy atom. The zero-order valence-corrected chi connectivity index (χ0v) is 17.6. The maximum Gasteiger partial charge on any atom is 0.257 e. The molecule has 1 heterocycles. The Kier molecular flexibility index (Phi) is 5.61. The highest BCUT2D eigenvalue weighted by Crippen LogP contribution is 2.32. The molecule has 0 N–H and O–H groups in total. The summed E-state index contributed by atoms with van der Waals surface area (Å²) in [6.45, 7) is 0. The molecule has 0 spiro atoms. The lowest BCUT2D eigenvalue weighted by atomic mass is 10.2. The fourth-order valence-electron chi connectivity index (χ4n) is 2.32. The van der Waals surface area contributed by atoms with Crippen molar-refractivity contribution in [2.24, 2.45) is 0 Å². The third-order valence-electron chi connectivity index (χ3n) is 3.71. The van der Waals surface area contributed by atoms with E-state index in [4.69, 9.17) is 9.15 Å². The molecule has 0 unspecified atom stereocenters. The first-order chi connectivity index (χ1) is 12.3. The van der Waals surface area contributed by atoms with E-state index in [1.165, 1.54) is 42.3 Å². The van der Waals surface area contributed by atoms with Crippen molar-refractivity contribution in [2.45, 2.75) is 15.9 Å². The van der Waals surface area contributed by atoms with Crippen molar-refractivity contribution in [3.8, 4) is 5.75 Å². The number of nitrogens with zero attached hydrogens (tertiary/aromatic N) is 2. The van der Waals surface area contributed by atoms with Gasteiger partial charge in [-0.05, 0) is 36.4 Å². The highest BCUT2D eigenvalue weighted by Gasteiger charge is 2.19. The molecule has 0 aliphatic rings. The van der Waals surface area contributed by atoms with Crippen LogP contribution in [-0.4, -0.2) is 38.9 Å². The molecule has 0 aliphatic carbocycles. The number of fused-ring (bicyclic) bond motifs is 1. The first-order valence-corrected chi connectivity index (χ1v) is 10.8. The predicted octanol–water partition coefficient (Wildman–Crippen LogP) is 4.14. The molecule has 0 saturated heterocycles. The molecule has 0 saturated carbocycles. The van der Waals surface area contributed by atoms with Crippen LogP contribution < -0.4 is 4.74 Å². The molecule has 0 amide bonds. The summed E-state index contributed by atoms with van der Waals surface area (Å²) in [5.74, 6) is 1.40. The van der Waals surface area contributed by atoms with E-state index in [9.17, 15) is 8.42 Å². The Hall–Kier alpha value is -1.55. The number of thioether (sulfide) groups is 1. The molecule has 6 nitrogen and oxygen atoms in total. The van der Waals surface area contributed by atoms with Gasteiger partial charge in [-0.3, -0.25) is 0 Å². The van der Waals surface area contributed by atoms with Crippen molar-refractivity contribution in [3.05, 3.63) is 46.4 Å². The van der Waals surface area contributed by atoms with Crippen LogP contribution in [0.4, 0.5) is 0 Å². The van der Waals surface area contributed by atoms with E-state index < -0.39 is 10.0 Å². The number of hydrogen-bond donors (Lipinski definition) is 0. The Morgan fingerprint density at radius 2 is 2.00 bits per heavy atom. The van der Waals surface area contributed by atoms with Gasteiger partial charge < -0.3 is 9.15 Å². The second kappa shape index (κ2) is 7.59. The summed E-state index contributed by atoms with van der Waals surface area (Å²) in [4.78, 5) is 4.59. The van der Waals surface area contributed by atoms with E-state index in [0.29, 0.717) is 22.1 Å². The monoisotopic (exact) mass is 456 g/mol.